The van der Waals surface area contributed by atoms with Crippen LogP contribution in [0.4, 0.5) is 0 Å². The first-order chi connectivity index (χ1) is 16.9. The molecular weight excluding hydrogens is 587 g/mol. The van der Waals surface area contributed by atoms with E-state index in [1.165, 1.54) is 38.5 Å². The van der Waals surface area contributed by atoms with Crippen molar-refractivity contribution in [3.8, 4) is 0 Å². The summed E-state index contributed by atoms with van der Waals surface area (Å²) >= 11 is -0.826. The number of hydrogen-bond donors (Lipinski definition) is 0. The van der Waals surface area contributed by atoms with Gasteiger partial charge in [0.15, 0.2) is 0 Å². The van der Waals surface area contributed by atoms with Crippen molar-refractivity contribution in [3.63, 3.8) is 0 Å². The van der Waals surface area contributed by atoms with Gasteiger partial charge in [0.05, 0.1) is 8.07 Å². The van der Waals surface area contributed by atoms with Crippen molar-refractivity contribution in [2.45, 2.75) is 154 Å². The molecule has 0 spiro atoms. The molecule has 0 radical (unpaired) electrons. The van der Waals surface area contributed by atoms with Crippen molar-refractivity contribution in [2.24, 2.45) is 41.4 Å². The molecule has 0 saturated heterocycles. The van der Waals surface area contributed by atoms with Crippen LogP contribution in [0.25, 0.3) is 0 Å². The Hall–Kier alpha value is 1.68. The van der Waals surface area contributed by atoms with Crippen LogP contribution in [0.5, 0.6) is 0 Å². The summed E-state index contributed by atoms with van der Waals surface area (Å²) in [5, 5.41) is 0. The van der Waals surface area contributed by atoms with Crippen LogP contribution in [0.2, 0.25) is 24.2 Å². The molecule has 0 aromatic carbocycles. The fourth-order valence-corrected chi connectivity index (χ4v) is 15.9. The zero-order valence-corrected chi connectivity index (χ0v) is 30.9. The Labute approximate surface area is 254 Å². The number of hydrogen-bond acceptors (Lipinski definition) is 0. The summed E-state index contributed by atoms with van der Waals surface area (Å²) in [7, 11) is 8.61. The molecule has 218 valence electrons. The van der Waals surface area contributed by atoms with E-state index in [9.17, 15) is 0 Å². The molecule has 4 rings (SSSR count). The molecule has 0 N–H and O–H groups in total. The second-order valence-electron chi connectivity index (χ2n) is 13.8. The van der Waals surface area contributed by atoms with Crippen molar-refractivity contribution in [1.29, 1.82) is 0 Å². The average molecular weight is 651 g/mol. The van der Waals surface area contributed by atoms with Gasteiger partial charge in [0.25, 0.3) is 0 Å². The van der Waals surface area contributed by atoms with Crippen LogP contribution in [0.1, 0.15) is 130 Å². The standard InChI is InChI=1S/C31H58Si.2CH3.2ClH.Zr/c1-6-13-23(14-7-2)20-25-22-31(29-19-12-10-17-27(25)29)32(4,5)30-21-24(15-8-3)26-16-9-11-18-28(26)30;;;;;/h23-31H,6-22H2,1-5H3;2*1H3;2*1H;/q;2*-1;;;+4/p-2. The first-order valence-electron chi connectivity index (χ1n) is 15.9. The normalized spacial score (nSPS) is 34.8. The Kier molecular flexibility index (Phi) is 18.1. The van der Waals surface area contributed by atoms with E-state index < -0.39 is 28.9 Å². The molecule has 0 aromatic rings. The quantitative estimate of drug-likeness (QED) is 0.163. The Bertz CT molecular complexity index is 593. The van der Waals surface area contributed by atoms with E-state index in [0.717, 1.165) is 52.5 Å². The van der Waals surface area contributed by atoms with E-state index in [0.29, 0.717) is 0 Å². The Morgan fingerprint density at radius 1 is 0.676 bits per heavy atom. The van der Waals surface area contributed by atoms with Crippen LogP contribution in [0.3, 0.4) is 0 Å². The van der Waals surface area contributed by atoms with E-state index in [1.54, 1.807) is 70.6 Å². The third-order valence-electron chi connectivity index (χ3n) is 11.7. The van der Waals surface area contributed by atoms with Crippen molar-refractivity contribution in [3.05, 3.63) is 14.9 Å². The molecule has 4 aliphatic carbocycles. The van der Waals surface area contributed by atoms with Gasteiger partial charge in [-0.3, -0.25) is 0 Å². The van der Waals surface area contributed by atoms with E-state index in [4.69, 9.17) is 17.0 Å². The molecule has 4 aliphatic rings. The summed E-state index contributed by atoms with van der Waals surface area (Å²) in [6, 6.07) is 0. The minimum atomic E-state index is -1.25. The van der Waals surface area contributed by atoms with E-state index in [2.05, 4.69) is 33.9 Å². The topological polar surface area (TPSA) is 0 Å². The van der Waals surface area contributed by atoms with Gasteiger partial charge in [-0.05, 0) is 84.6 Å². The number of fused-ring (bicyclic) bond motifs is 2. The van der Waals surface area contributed by atoms with Crippen LogP contribution >= 0.6 is 17.0 Å². The van der Waals surface area contributed by atoms with Crippen molar-refractivity contribution >= 4 is 25.1 Å². The molecule has 0 nitrogen and oxygen atoms in total. The summed E-state index contributed by atoms with van der Waals surface area (Å²) < 4.78 is 0. The van der Waals surface area contributed by atoms with Gasteiger partial charge in [0.1, 0.15) is 0 Å². The van der Waals surface area contributed by atoms with Gasteiger partial charge in [0.2, 0.25) is 0 Å². The maximum absolute atomic E-state index is 4.93. The summed E-state index contributed by atoms with van der Waals surface area (Å²) in [5.41, 5.74) is 2.33. The molecule has 0 bridgehead atoms. The first-order valence-corrected chi connectivity index (χ1v) is 25.4. The minimum absolute atomic E-state index is 0. The summed E-state index contributed by atoms with van der Waals surface area (Å²) in [5.74, 6) is 7.73. The molecule has 0 aliphatic heterocycles. The van der Waals surface area contributed by atoms with E-state index in [-0.39, 0.29) is 14.9 Å². The predicted molar refractivity (Wildman–Crippen MR) is 169 cm³/mol. The van der Waals surface area contributed by atoms with Gasteiger partial charge in [-0.25, -0.2) is 0 Å². The Balaban J connectivity index is 0.00000131. The van der Waals surface area contributed by atoms with Gasteiger partial charge in [0, 0.05) is 0 Å². The number of rotatable bonds is 10. The van der Waals surface area contributed by atoms with Crippen LogP contribution in [-0.4, -0.2) is 8.07 Å². The SMILES string of the molecule is CCCC(CCC)CC1CC([Si](C)(C)C2CC(CCC)C3CCCCC32)C2CCCCC12.[CH3-].[CH3-].[Cl][Zr+2][Cl]. The zero-order chi connectivity index (χ0) is 25.4. The molecule has 4 heteroatoms. The first kappa shape index (κ1) is 36.7. The summed E-state index contributed by atoms with van der Waals surface area (Å²) in [4.78, 5) is 0. The Morgan fingerprint density at radius 2 is 1.08 bits per heavy atom. The third kappa shape index (κ3) is 9.08. The van der Waals surface area contributed by atoms with Gasteiger partial charge in [-0.1, -0.05) is 111 Å². The second kappa shape index (κ2) is 18.3. The number of halogens is 2. The third-order valence-corrected chi connectivity index (χ3v) is 16.9. The van der Waals surface area contributed by atoms with Gasteiger partial charge >= 0.3 is 37.9 Å². The molecule has 0 heterocycles. The van der Waals surface area contributed by atoms with E-state index >= 15 is 0 Å². The molecule has 8 atom stereocenters. The zero-order valence-electron chi connectivity index (χ0n) is 26.0. The molecule has 8 unspecified atom stereocenters. The van der Waals surface area contributed by atoms with Crippen LogP contribution in [0, 0.1) is 56.3 Å². The summed E-state index contributed by atoms with van der Waals surface area (Å²) in [6.45, 7) is 13.1. The van der Waals surface area contributed by atoms with Crippen molar-refractivity contribution in [2.75, 3.05) is 0 Å². The predicted octanol–water partition coefficient (Wildman–Crippen LogP) is 12.8. The van der Waals surface area contributed by atoms with Crippen LogP contribution in [-0.2, 0) is 20.8 Å². The monoisotopic (exact) mass is 648 g/mol. The van der Waals surface area contributed by atoms with Gasteiger partial charge < -0.3 is 14.9 Å². The molecular formula is C33H64Cl2SiZr. The molecule has 0 aromatic heterocycles. The fourth-order valence-electron chi connectivity index (χ4n) is 10.5. The summed E-state index contributed by atoms with van der Waals surface area (Å²) in [6.07, 6.45) is 26.3. The molecule has 0 amide bonds. The molecule has 4 fully saturated rings. The van der Waals surface area contributed by atoms with Gasteiger partial charge in [-0.15, -0.1) is 0 Å². The van der Waals surface area contributed by atoms with Crippen molar-refractivity contribution in [1.82, 2.24) is 0 Å². The average Bonchev–Trinajstić information content (AvgIpc) is 3.40. The molecule has 4 saturated carbocycles. The van der Waals surface area contributed by atoms with Gasteiger partial charge in [-0.2, -0.15) is 0 Å². The second-order valence-corrected chi connectivity index (χ2v) is 22.6. The maximum atomic E-state index is 4.93. The Morgan fingerprint density at radius 3 is 1.51 bits per heavy atom. The van der Waals surface area contributed by atoms with Crippen molar-refractivity contribution < 1.29 is 20.8 Å². The van der Waals surface area contributed by atoms with Crippen LogP contribution in [0.15, 0.2) is 0 Å². The fraction of sp³-hybridized carbons (Fsp3) is 0.939. The van der Waals surface area contributed by atoms with Crippen LogP contribution < -0.4 is 0 Å². The van der Waals surface area contributed by atoms with E-state index in [1.807, 2.05) is 0 Å². The molecule has 37 heavy (non-hydrogen) atoms.